The Balaban J connectivity index is 1.85. The highest BCUT2D eigenvalue weighted by Gasteiger charge is 2.31. The second-order valence-corrected chi connectivity index (χ2v) is 9.06. The lowest BCUT2D eigenvalue weighted by molar-refractivity contribution is -0.118. The third-order valence-electron chi connectivity index (χ3n) is 5.11. The van der Waals surface area contributed by atoms with Gasteiger partial charge in [-0.3, -0.25) is 9.59 Å². The second-order valence-electron chi connectivity index (χ2n) is 7.91. The van der Waals surface area contributed by atoms with Gasteiger partial charge in [-0.05, 0) is 42.3 Å². The van der Waals surface area contributed by atoms with E-state index >= 15 is 0 Å². The molecule has 10 heteroatoms. The summed E-state index contributed by atoms with van der Waals surface area (Å²) in [6.45, 7) is 2.78. The number of hydrogen-bond acceptors (Lipinski definition) is 6. The number of rotatable bonds is 9. The fourth-order valence-corrected chi connectivity index (χ4v) is 4.20. The van der Waals surface area contributed by atoms with E-state index in [1.54, 1.807) is 18.2 Å². The minimum absolute atomic E-state index is 0.0788. The lowest BCUT2D eigenvalue weighted by Gasteiger charge is -2.28. The third kappa shape index (κ3) is 6.25. The number of carbonyl (C=O) groups is 2. The molecule has 0 fully saturated rings. The molecular weight excluding hydrogens is 464 g/mol. The van der Waals surface area contributed by atoms with Gasteiger partial charge >= 0.3 is 11.9 Å². The first kappa shape index (κ1) is 25.5. The Morgan fingerprint density at radius 1 is 1.18 bits per heavy atom. The van der Waals surface area contributed by atoms with E-state index in [9.17, 15) is 18.4 Å². The molecule has 0 bridgehead atoms. The molecule has 1 atom stereocenters. The molecule has 0 radical (unpaired) electrons. The zero-order chi connectivity index (χ0) is 24.8. The average molecular weight is 492 g/mol. The van der Waals surface area contributed by atoms with Crippen molar-refractivity contribution in [3.8, 4) is 11.5 Å². The molecule has 0 aromatic heterocycles. The summed E-state index contributed by atoms with van der Waals surface area (Å²) >= 11 is 1.14. The Morgan fingerprint density at radius 2 is 1.88 bits per heavy atom. The Kier molecular flexibility index (Phi) is 8.49. The number of ether oxygens (including phenoxy) is 2. The minimum Gasteiger partial charge on any atom is -0.493 e. The van der Waals surface area contributed by atoms with E-state index < -0.39 is 6.61 Å². The first-order chi connectivity index (χ1) is 16.2. The number of methoxy groups -OCH3 is 1. The number of anilines is 1. The Labute approximate surface area is 201 Å². The van der Waals surface area contributed by atoms with Crippen molar-refractivity contribution in [2.45, 2.75) is 45.6 Å². The summed E-state index contributed by atoms with van der Waals surface area (Å²) < 4.78 is 35.4. The highest BCUT2D eigenvalue weighted by Crippen LogP contribution is 2.34. The van der Waals surface area contributed by atoms with Gasteiger partial charge in [0, 0.05) is 17.2 Å². The van der Waals surface area contributed by atoms with Crippen LogP contribution in [0.25, 0.3) is 0 Å². The zero-order valence-corrected chi connectivity index (χ0v) is 20.2. The number of halogens is 2. The van der Waals surface area contributed by atoms with Crippen LogP contribution < -0.4 is 14.8 Å². The molecule has 1 heterocycles. The number of nitrogens with one attached hydrogen (secondary N) is 1. The van der Waals surface area contributed by atoms with Crippen molar-refractivity contribution in [3.05, 3.63) is 53.6 Å². The number of benzene rings is 2. The van der Waals surface area contributed by atoms with Gasteiger partial charge in [0.15, 0.2) is 11.5 Å². The average Bonchev–Trinajstić information content (AvgIpc) is 2.80. The predicted octanol–water partition coefficient (Wildman–Crippen LogP) is 5.74. The van der Waals surface area contributed by atoms with Crippen LogP contribution in [0, 0.1) is 5.92 Å². The van der Waals surface area contributed by atoms with Gasteiger partial charge in [0.2, 0.25) is 5.91 Å². The van der Waals surface area contributed by atoms with E-state index in [1.807, 2.05) is 32.9 Å². The first-order valence-corrected chi connectivity index (χ1v) is 11.7. The van der Waals surface area contributed by atoms with Crippen molar-refractivity contribution >= 4 is 34.3 Å². The van der Waals surface area contributed by atoms with E-state index in [1.165, 1.54) is 24.3 Å². The van der Waals surface area contributed by atoms with E-state index in [0.717, 1.165) is 17.3 Å². The molecule has 1 N–H and O–H groups in total. The van der Waals surface area contributed by atoms with Gasteiger partial charge in [0.05, 0.1) is 24.6 Å². The Morgan fingerprint density at radius 3 is 2.47 bits per heavy atom. The monoisotopic (exact) mass is 491 g/mol. The lowest BCUT2D eigenvalue weighted by Crippen LogP contribution is -2.34. The van der Waals surface area contributed by atoms with Crippen LogP contribution in [0.2, 0.25) is 0 Å². The topological polar surface area (TPSA) is 80.2 Å². The van der Waals surface area contributed by atoms with Gasteiger partial charge < -0.3 is 14.8 Å². The molecule has 7 nitrogen and oxygen atoms in total. The maximum absolute atomic E-state index is 12.9. The van der Waals surface area contributed by atoms with Crippen LogP contribution in [0.4, 0.5) is 19.3 Å². The van der Waals surface area contributed by atoms with Crippen LogP contribution in [0.15, 0.2) is 47.6 Å². The van der Waals surface area contributed by atoms with Crippen LogP contribution in [0.3, 0.4) is 0 Å². The van der Waals surface area contributed by atoms with Crippen LogP contribution in [0.1, 0.15) is 38.3 Å². The quantitative estimate of drug-likeness (QED) is 0.484. The summed E-state index contributed by atoms with van der Waals surface area (Å²) in [5, 5.41) is 8.32. The smallest absolute Gasteiger partial charge is 0.387 e. The SMILES string of the molecule is CCC1SC(=O)N(Cc2ccc(NC(=O)C(C)C)cc2)N=C1c1ccc(OC)c(OC(F)F)c1. The largest absolute Gasteiger partial charge is 0.493 e. The number of hydrazone groups is 1. The van der Waals surface area contributed by atoms with Crippen LogP contribution >= 0.6 is 11.8 Å². The standard InChI is InChI=1S/C24H27F2N3O4S/c1-5-20-21(16-8-11-18(32-4)19(12-16)33-23(25)26)28-29(24(31)34-20)13-15-6-9-17(10-7-15)27-22(30)14(2)3/h6-12,14,20,23H,5,13H2,1-4H3,(H,27,30). The number of hydrogen-bond donors (Lipinski definition) is 1. The number of nitrogens with zero attached hydrogens (tertiary/aromatic N) is 2. The molecule has 2 aromatic rings. The molecule has 34 heavy (non-hydrogen) atoms. The summed E-state index contributed by atoms with van der Waals surface area (Å²) in [5.41, 5.74) is 2.66. The van der Waals surface area contributed by atoms with Crippen molar-refractivity contribution in [1.29, 1.82) is 0 Å². The number of alkyl halides is 2. The van der Waals surface area contributed by atoms with E-state index in [4.69, 9.17) is 4.74 Å². The van der Waals surface area contributed by atoms with Crippen molar-refractivity contribution in [2.24, 2.45) is 11.0 Å². The summed E-state index contributed by atoms with van der Waals surface area (Å²) in [4.78, 5) is 24.6. The minimum atomic E-state index is -3.00. The first-order valence-electron chi connectivity index (χ1n) is 10.8. The second kappa shape index (κ2) is 11.3. The molecule has 1 unspecified atom stereocenters. The highest BCUT2D eigenvalue weighted by atomic mass is 32.2. The van der Waals surface area contributed by atoms with Crippen LogP contribution in [0.5, 0.6) is 11.5 Å². The van der Waals surface area contributed by atoms with Gasteiger partial charge in [-0.1, -0.05) is 44.7 Å². The molecule has 2 aromatic carbocycles. The van der Waals surface area contributed by atoms with Crippen molar-refractivity contribution in [2.75, 3.05) is 12.4 Å². The fraction of sp³-hybridized carbons (Fsp3) is 0.375. The Hall–Kier alpha value is -3.14. The zero-order valence-electron chi connectivity index (χ0n) is 19.4. The molecular formula is C24H27F2N3O4S. The Bertz CT molecular complexity index is 1060. The molecule has 0 saturated carbocycles. The predicted molar refractivity (Wildman–Crippen MR) is 129 cm³/mol. The van der Waals surface area contributed by atoms with Crippen LogP contribution in [-0.2, 0) is 11.3 Å². The third-order valence-corrected chi connectivity index (χ3v) is 6.37. The van der Waals surface area contributed by atoms with E-state index in [2.05, 4.69) is 15.2 Å². The lowest BCUT2D eigenvalue weighted by atomic mass is 10.0. The summed E-state index contributed by atoms with van der Waals surface area (Å²) in [6, 6.07) is 11.9. The highest BCUT2D eigenvalue weighted by molar-refractivity contribution is 8.14. The molecule has 2 amide bonds. The summed E-state index contributed by atoms with van der Waals surface area (Å²) in [7, 11) is 1.37. The molecule has 0 spiro atoms. The van der Waals surface area contributed by atoms with E-state index in [0.29, 0.717) is 23.4 Å². The number of carbonyl (C=O) groups excluding carboxylic acids is 2. The van der Waals surface area contributed by atoms with Gasteiger partial charge in [0.25, 0.3) is 0 Å². The van der Waals surface area contributed by atoms with Gasteiger partial charge in [-0.25, -0.2) is 5.01 Å². The van der Waals surface area contributed by atoms with Gasteiger partial charge in [-0.2, -0.15) is 13.9 Å². The number of thioether (sulfide) groups is 1. The molecule has 0 aliphatic carbocycles. The maximum atomic E-state index is 12.9. The van der Waals surface area contributed by atoms with Crippen LogP contribution in [-0.4, -0.2) is 40.8 Å². The molecule has 182 valence electrons. The van der Waals surface area contributed by atoms with Gasteiger partial charge in [-0.15, -0.1) is 0 Å². The van der Waals surface area contributed by atoms with Gasteiger partial charge in [0.1, 0.15) is 0 Å². The van der Waals surface area contributed by atoms with Crippen molar-refractivity contribution in [3.63, 3.8) is 0 Å². The molecule has 1 aliphatic rings. The van der Waals surface area contributed by atoms with Crippen molar-refractivity contribution < 1.29 is 27.8 Å². The molecule has 3 rings (SSSR count). The summed E-state index contributed by atoms with van der Waals surface area (Å²) in [5.74, 6) is -0.129. The normalized spacial score (nSPS) is 16.0. The maximum Gasteiger partial charge on any atom is 0.387 e. The fourth-order valence-electron chi connectivity index (χ4n) is 3.27. The summed E-state index contributed by atoms with van der Waals surface area (Å²) in [6.07, 6.45) is 0.629. The molecule has 0 saturated heterocycles. The van der Waals surface area contributed by atoms with E-state index in [-0.39, 0.29) is 40.4 Å². The number of amides is 2. The molecule has 1 aliphatic heterocycles. The van der Waals surface area contributed by atoms with Crippen molar-refractivity contribution in [1.82, 2.24) is 5.01 Å².